The van der Waals surface area contributed by atoms with Gasteiger partial charge < -0.3 is 9.88 Å². The number of anilines is 2. The van der Waals surface area contributed by atoms with E-state index in [0.29, 0.717) is 18.7 Å². The molecular weight excluding hydrogens is 412 g/mol. The average molecular weight is 437 g/mol. The summed E-state index contributed by atoms with van der Waals surface area (Å²) in [6, 6.07) is 27.0. The van der Waals surface area contributed by atoms with Crippen LogP contribution in [0.5, 0.6) is 0 Å². The first-order chi connectivity index (χ1) is 16.0. The average Bonchev–Trinajstić information content (AvgIpc) is 3.18. The number of hydrogen-bond acceptors (Lipinski definition) is 4. The second-order valence-corrected chi connectivity index (χ2v) is 7.99. The number of nitrogens with zero attached hydrogens (tertiary/aromatic N) is 3. The number of aromatic nitrogens is 1. The summed E-state index contributed by atoms with van der Waals surface area (Å²) in [5, 5.41) is 24.5. The maximum Gasteiger partial charge on any atom is 0.269 e. The van der Waals surface area contributed by atoms with Gasteiger partial charge in [0, 0.05) is 29.9 Å². The van der Waals surface area contributed by atoms with Gasteiger partial charge in [-0.15, -0.1) is 0 Å². The molecule has 0 radical (unpaired) electrons. The Morgan fingerprint density at radius 1 is 0.970 bits per heavy atom. The van der Waals surface area contributed by atoms with Crippen LogP contribution in [0.3, 0.4) is 0 Å². The van der Waals surface area contributed by atoms with Gasteiger partial charge in [0.15, 0.2) is 0 Å². The Kier molecular flexibility index (Phi) is 6.23. The third kappa shape index (κ3) is 4.63. The summed E-state index contributed by atoms with van der Waals surface area (Å²) >= 11 is 0. The zero-order valence-electron chi connectivity index (χ0n) is 18.6. The minimum atomic E-state index is -0.401. The fraction of sp³-hybridized carbons (Fsp3) is 0.148. The standard InChI is InChI=1S/C27H24N4O2/c1-19-7-6-8-20(2)26(19)29-27-25(22-9-4-3-5-10-22)17-24(18-28)30(27)16-15-21-11-13-23(14-12-21)31(32)33/h3-14,17,29H,15-16H2,1-2H3. The molecule has 0 fully saturated rings. The molecule has 6 nitrogen and oxygen atoms in total. The molecule has 1 heterocycles. The summed E-state index contributed by atoms with van der Waals surface area (Å²) in [6.07, 6.45) is 0.636. The number of nitro benzene ring substituents is 1. The Bertz CT molecular complexity index is 1310. The molecule has 0 saturated carbocycles. The highest BCUT2D eigenvalue weighted by atomic mass is 16.6. The van der Waals surface area contributed by atoms with E-state index in [2.05, 4.69) is 37.4 Å². The molecule has 164 valence electrons. The van der Waals surface area contributed by atoms with Gasteiger partial charge in [-0.3, -0.25) is 10.1 Å². The molecule has 0 saturated heterocycles. The van der Waals surface area contributed by atoms with Crippen molar-refractivity contribution in [2.75, 3.05) is 5.32 Å². The highest BCUT2D eigenvalue weighted by Crippen LogP contribution is 2.35. The number of nitriles is 1. The molecule has 0 aliphatic heterocycles. The lowest BCUT2D eigenvalue weighted by atomic mass is 10.1. The largest absolute Gasteiger partial charge is 0.341 e. The molecule has 0 aliphatic carbocycles. The topological polar surface area (TPSA) is 83.9 Å². The Balaban J connectivity index is 1.75. The van der Waals surface area contributed by atoms with E-state index in [9.17, 15) is 15.4 Å². The third-order valence-corrected chi connectivity index (χ3v) is 5.79. The summed E-state index contributed by atoms with van der Waals surface area (Å²) in [5.74, 6) is 0.858. The van der Waals surface area contributed by atoms with Gasteiger partial charge in [0.05, 0.1) is 4.92 Å². The van der Waals surface area contributed by atoms with Crippen molar-refractivity contribution < 1.29 is 4.92 Å². The third-order valence-electron chi connectivity index (χ3n) is 5.79. The number of non-ortho nitro benzene ring substituents is 1. The van der Waals surface area contributed by atoms with E-state index in [0.717, 1.165) is 39.3 Å². The van der Waals surface area contributed by atoms with Crippen LogP contribution in [0.1, 0.15) is 22.4 Å². The van der Waals surface area contributed by atoms with Crippen LogP contribution < -0.4 is 5.32 Å². The van der Waals surface area contributed by atoms with Crippen molar-refractivity contribution in [2.24, 2.45) is 0 Å². The fourth-order valence-corrected chi connectivity index (χ4v) is 4.00. The number of nitro groups is 1. The van der Waals surface area contributed by atoms with E-state index in [1.807, 2.05) is 47.0 Å². The highest BCUT2D eigenvalue weighted by molar-refractivity contribution is 5.82. The van der Waals surface area contributed by atoms with Crippen molar-refractivity contribution in [3.05, 3.63) is 111 Å². The van der Waals surface area contributed by atoms with Crippen LogP contribution in [0, 0.1) is 35.3 Å². The van der Waals surface area contributed by atoms with Gasteiger partial charge in [0.1, 0.15) is 17.6 Å². The molecule has 4 aromatic rings. The van der Waals surface area contributed by atoms with E-state index in [1.54, 1.807) is 12.1 Å². The fourth-order valence-electron chi connectivity index (χ4n) is 4.00. The molecule has 4 rings (SSSR count). The SMILES string of the molecule is Cc1cccc(C)c1Nc1c(-c2ccccc2)cc(C#N)n1CCc1ccc([N+](=O)[O-])cc1. The quantitative estimate of drug-likeness (QED) is 0.263. The van der Waals surface area contributed by atoms with Gasteiger partial charge in [-0.25, -0.2) is 0 Å². The summed E-state index contributed by atoms with van der Waals surface area (Å²) in [5.41, 5.74) is 6.85. The summed E-state index contributed by atoms with van der Waals surface area (Å²) in [4.78, 5) is 10.5. The van der Waals surface area contributed by atoms with Crippen LogP contribution >= 0.6 is 0 Å². The first-order valence-corrected chi connectivity index (χ1v) is 10.7. The van der Waals surface area contributed by atoms with Crippen LogP contribution in [0.2, 0.25) is 0 Å². The second kappa shape index (κ2) is 9.41. The molecular formula is C27H24N4O2. The molecule has 1 N–H and O–H groups in total. The molecule has 3 aromatic carbocycles. The Morgan fingerprint density at radius 3 is 2.24 bits per heavy atom. The summed E-state index contributed by atoms with van der Waals surface area (Å²) in [6.45, 7) is 4.68. The zero-order chi connectivity index (χ0) is 23.4. The van der Waals surface area contributed by atoms with Gasteiger partial charge in [0.2, 0.25) is 0 Å². The minimum absolute atomic E-state index is 0.0705. The number of rotatable bonds is 7. The van der Waals surface area contributed by atoms with E-state index < -0.39 is 4.92 Å². The highest BCUT2D eigenvalue weighted by Gasteiger charge is 2.18. The van der Waals surface area contributed by atoms with Gasteiger partial charge in [-0.2, -0.15) is 5.26 Å². The van der Waals surface area contributed by atoms with E-state index >= 15 is 0 Å². The number of nitrogens with one attached hydrogen (secondary N) is 1. The summed E-state index contributed by atoms with van der Waals surface area (Å²) in [7, 11) is 0. The number of aryl methyl sites for hydroxylation is 3. The molecule has 1 aromatic heterocycles. The normalized spacial score (nSPS) is 10.6. The van der Waals surface area contributed by atoms with E-state index in [-0.39, 0.29) is 5.69 Å². The molecule has 33 heavy (non-hydrogen) atoms. The summed E-state index contributed by atoms with van der Waals surface area (Å²) < 4.78 is 2.00. The smallest absolute Gasteiger partial charge is 0.269 e. The molecule has 6 heteroatoms. The predicted octanol–water partition coefficient (Wildman–Crippen LogP) is 6.54. The number of hydrogen-bond donors (Lipinski definition) is 1. The zero-order valence-corrected chi connectivity index (χ0v) is 18.6. The van der Waals surface area contributed by atoms with E-state index in [4.69, 9.17) is 0 Å². The molecule has 0 aliphatic rings. The minimum Gasteiger partial charge on any atom is -0.341 e. The molecule has 0 bridgehead atoms. The van der Waals surface area contributed by atoms with Crippen molar-refractivity contribution in [2.45, 2.75) is 26.8 Å². The Labute approximate surface area is 192 Å². The van der Waals surface area contributed by atoms with E-state index in [1.165, 1.54) is 12.1 Å². The monoisotopic (exact) mass is 436 g/mol. The van der Waals surface area contributed by atoms with Crippen molar-refractivity contribution in [3.63, 3.8) is 0 Å². The lowest BCUT2D eigenvalue weighted by Crippen LogP contribution is -2.09. The van der Waals surface area contributed by atoms with Crippen LogP contribution in [0.25, 0.3) is 11.1 Å². The lowest BCUT2D eigenvalue weighted by molar-refractivity contribution is -0.384. The number of benzene rings is 3. The van der Waals surface area contributed by atoms with Crippen molar-refractivity contribution in [1.82, 2.24) is 4.57 Å². The Morgan fingerprint density at radius 2 is 1.64 bits per heavy atom. The van der Waals surface area contributed by atoms with Crippen LogP contribution in [-0.2, 0) is 13.0 Å². The van der Waals surface area contributed by atoms with Gasteiger partial charge in [-0.1, -0.05) is 60.7 Å². The molecule has 0 spiro atoms. The molecule has 0 unspecified atom stereocenters. The van der Waals surface area contributed by atoms with Crippen molar-refractivity contribution in [1.29, 1.82) is 5.26 Å². The predicted molar refractivity (Wildman–Crippen MR) is 131 cm³/mol. The Hall–Kier alpha value is -4.37. The molecule has 0 amide bonds. The first-order valence-electron chi connectivity index (χ1n) is 10.7. The maximum atomic E-state index is 10.9. The van der Waals surface area contributed by atoms with Crippen LogP contribution in [0.4, 0.5) is 17.2 Å². The number of para-hydroxylation sites is 1. The van der Waals surface area contributed by atoms with Crippen LogP contribution in [0.15, 0.2) is 78.9 Å². The second-order valence-electron chi connectivity index (χ2n) is 7.99. The van der Waals surface area contributed by atoms with Crippen LogP contribution in [-0.4, -0.2) is 9.49 Å². The lowest BCUT2D eigenvalue weighted by Gasteiger charge is -2.18. The van der Waals surface area contributed by atoms with Gasteiger partial charge >= 0.3 is 0 Å². The first kappa shape index (κ1) is 21.8. The van der Waals surface area contributed by atoms with Crippen molar-refractivity contribution >= 4 is 17.2 Å². The van der Waals surface area contributed by atoms with Gasteiger partial charge in [0.25, 0.3) is 5.69 Å². The van der Waals surface area contributed by atoms with Gasteiger partial charge in [-0.05, 0) is 48.6 Å². The maximum absolute atomic E-state index is 10.9. The van der Waals surface area contributed by atoms with Crippen molar-refractivity contribution in [3.8, 4) is 17.2 Å². The molecule has 0 atom stereocenters.